The van der Waals surface area contributed by atoms with Crippen molar-refractivity contribution < 1.29 is 9.18 Å². The van der Waals surface area contributed by atoms with Gasteiger partial charge in [0.2, 0.25) is 5.95 Å². The lowest BCUT2D eigenvalue weighted by molar-refractivity contribution is 0.102. The number of benzene rings is 2. The third kappa shape index (κ3) is 2.25. The van der Waals surface area contributed by atoms with E-state index in [1.165, 1.54) is 6.07 Å². The fourth-order valence-electron chi connectivity index (χ4n) is 1.93. The fourth-order valence-corrected chi connectivity index (χ4v) is 1.93. The van der Waals surface area contributed by atoms with Crippen LogP contribution < -0.4 is 5.32 Å². The van der Waals surface area contributed by atoms with Gasteiger partial charge in [0, 0.05) is 5.56 Å². The molecule has 0 saturated heterocycles. The number of amides is 1. The van der Waals surface area contributed by atoms with Gasteiger partial charge in [0.25, 0.3) is 5.91 Å². The number of rotatable bonds is 2. The van der Waals surface area contributed by atoms with E-state index < -0.39 is 11.7 Å². The largest absolute Gasteiger partial charge is 0.324 e. The zero-order valence-electron chi connectivity index (χ0n) is 10.8. The number of H-pyrrole nitrogens is 1. The molecule has 0 aliphatic rings. The molecule has 0 unspecified atom stereocenters. The topological polar surface area (TPSA) is 57.8 Å². The van der Waals surface area contributed by atoms with Gasteiger partial charge in [-0.25, -0.2) is 9.37 Å². The third-order valence-corrected chi connectivity index (χ3v) is 3.06. The summed E-state index contributed by atoms with van der Waals surface area (Å²) >= 11 is 0. The lowest BCUT2D eigenvalue weighted by Gasteiger charge is -2.03. The van der Waals surface area contributed by atoms with Gasteiger partial charge >= 0.3 is 0 Å². The number of halogens is 1. The first-order chi connectivity index (χ1) is 9.63. The Morgan fingerprint density at radius 1 is 1.25 bits per heavy atom. The summed E-state index contributed by atoms with van der Waals surface area (Å²) in [6.07, 6.45) is 0. The molecule has 3 rings (SSSR count). The van der Waals surface area contributed by atoms with Crippen LogP contribution in [0.15, 0.2) is 42.5 Å². The first-order valence-corrected chi connectivity index (χ1v) is 6.16. The van der Waals surface area contributed by atoms with Crippen molar-refractivity contribution in [3.63, 3.8) is 0 Å². The quantitative estimate of drug-likeness (QED) is 0.750. The van der Waals surface area contributed by atoms with Crippen molar-refractivity contribution in [3.05, 3.63) is 59.4 Å². The number of nitrogens with one attached hydrogen (secondary N) is 2. The SMILES string of the molecule is Cc1ccc(C(=O)Nc2nc3ccccc3[nH]2)cc1F. The van der Waals surface area contributed by atoms with Crippen molar-refractivity contribution in [2.75, 3.05) is 5.32 Å². The Labute approximate surface area is 114 Å². The average Bonchev–Trinajstić information content (AvgIpc) is 2.83. The maximum atomic E-state index is 13.4. The van der Waals surface area contributed by atoms with E-state index >= 15 is 0 Å². The molecule has 100 valence electrons. The second kappa shape index (κ2) is 4.77. The lowest BCUT2D eigenvalue weighted by atomic mass is 10.1. The van der Waals surface area contributed by atoms with Crippen LogP contribution in [-0.4, -0.2) is 15.9 Å². The minimum Gasteiger partial charge on any atom is -0.324 e. The van der Waals surface area contributed by atoms with Gasteiger partial charge in [-0.3, -0.25) is 10.1 Å². The smallest absolute Gasteiger partial charge is 0.258 e. The van der Waals surface area contributed by atoms with Crippen LogP contribution in [-0.2, 0) is 0 Å². The van der Waals surface area contributed by atoms with E-state index in [0.717, 1.165) is 11.0 Å². The van der Waals surface area contributed by atoms with E-state index in [4.69, 9.17) is 0 Å². The lowest BCUT2D eigenvalue weighted by Crippen LogP contribution is -2.13. The number of aryl methyl sites for hydroxylation is 1. The summed E-state index contributed by atoms with van der Waals surface area (Å²) in [6.45, 7) is 1.65. The minimum absolute atomic E-state index is 0.258. The summed E-state index contributed by atoms with van der Waals surface area (Å²) in [5.41, 5.74) is 2.36. The molecule has 0 saturated carbocycles. The molecule has 1 aromatic heterocycles. The molecule has 4 nitrogen and oxygen atoms in total. The van der Waals surface area contributed by atoms with Crippen LogP contribution in [0.3, 0.4) is 0 Å². The molecule has 1 heterocycles. The summed E-state index contributed by atoms with van der Waals surface area (Å²) in [7, 11) is 0. The molecule has 0 radical (unpaired) electrons. The predicted octanol–water partition coefficient (Wildman–Crippen LogP) is 3.26. The number of carbonyl (C=O) groups is 1. The monoisotopic (exact) mass is 269 g/mol. The first kappa shape index (κ1) is 12.3. The van der Waals surface area contributed by atoms with E-state index in [2.05, 4.69) is 15.3 Å². The Kier molecular flexibility index (Phi) is 2.95. The molecule has 0 fully saturated rings. The number of anilines is 1. The standard InChI is InChI=1S/C15H12FN3O/c1-9-6-7-10(8-11(9)16)14(20)19-15-17-12-4-2-3-5-13(12)18-15/h2-8H,1H3,(H2,17,18,19,20). The summed E-state index contributed by atoms with van der Waals surface area (Å²) in [6, 6.07) is 11.8. The van der Waals surface area contributed by atoms with Crippen LogP contribution >= 0.6 is 0 Å². The van der Waals surface area contributed by atoms with E-state index in [1.54, 1.807) is 19.1 Å². The van der Waals surface area contributed by atoms with E-state index in [9.17, 15) is 9.18 Å². The van der Waals surface area contributed by atoms with Gasteiger partial charge in [-0.15, -0.1) is 0 Å². The van der Waals surface area contributed by atoms with E-state index in [1.807, 2.05) is 24.3 Å². The average molecular weight is 269 g/mol. The number of aromatic amines is 1. The van der Waals surface area contributed by atoms with Gasteiger partial charge in [0.05, 0.1) is 11.0 Å². The van der Waals surface area contributed by atoms with Gasteiger partial charge in [-0.2, -0.15) is 0 Å². The zero-order valence-corrected chi connectivity index (χ0v) is 10.8. The maximum absolute atomic E-state index is 13.4. The molecule has 0 atom stereocenters. The van der Waals surface area contributed by atoms with Crippen molar-refractivity contribution in [1.82, 2.24) is 9.97 Å². The molecule has 5 heteroatoms. The predicted molar refractivity (Wildman–Crippen MR) is 75.2 cm³/mol. The van der Waals surface area contributed by atoms with E-state index in [-0.39, 0.29) is 5.56 Å². The van der Waals surface area contributed by atoms with E-state index in [0.29, 0.717) is 11.5 Å². The molecule has 0 spiro atoms. The molecule has 2 N–H and O–H groups in total. The van der Waals surface area contributed by atoms with Crippen molar-refractivity contribution in [2.45, 2.75) is 6.92 Å². The normalized spacial score (nSPS) is 10.7. The van der Waals surface area contributed by atoms with Gasteiger partial charge < -0.3 is 4.98 Å². The Morgan fingerprint density at radius 3 is 2.80 bits per heavy atom. The number of nitrogens with zero attached hydrogens (tertiary/aromatic N) is 1. The van der Waals surface area contributed by atoms with Gasteiger partial charge in [0.15, 0.2) is 0 Å². The molecule has 3 aromatic rings. The fraction of sp³-hybridized carbons (Fsp3) is 0.0667. The number of carbonyl (C=O) groups excluding carboxylic acids is 1. The molecule has 0 bridgehead atoms. The van der Waals surface area contributed by atoms with Crippen LogP contribution in [0.25, 0.3) is 11.0 Å². The van der Waals surface area contributed by atoms with Crippen molar-refractivity contribution in [2.24, 2.45) is 0 Å². The minimum atomic E-state index is -0.401. The number of hydrogen-bond acceptors (Lipinski definition) is 2. The molecule has 0 aliphatic heterocycles. The summed E-state index contributed by atoms with van der Waals surface area (Å²) in [5.74, 6) is -0.456. The van der Waals surface area contributed by atoms with Gasteiger partial charge in [-0.05, 0) is 36.8 Å². The first-order valence-electron chi connectivity index (χ1n) is 6.16. The molecule has 0 aliphatic carbocycles. The molecular weight excluding hydrogens is 257 g/mol. The van der Waals surface area contributed by atoms with Crippen LogP contribution in [0.4, 0.5) is 10.3 Å². The molecular formula is C15H12FN3O. The van der Waals surface area contributed by atoms with Crippen molar-refractivity contribution in [3.8, 4) is 0 Å². The highest BCUT2D eigenvalue weighted by Crippen LogP contribution is 2.15. The number of hydrogen-bond donors (Lipinski definition) is 2. The van der Waals surface area contributed by atoms with Crippen LogP contribution in [0.2, 0.25) is 0 Å². The van der Waals surface area contributed by atoms with Crippen molar-refractivity contribution in [1.29, 1.82) is 0 Å². The van der Waals surface area contributed by atoms with Crippen molar-refractivity contribution >= 4 is 22.9 Å². The van der Waals surface area contributed by atoms with Crippen LogP contribution in [0, 0.1) is 12.7 Å². The zero-order chi connectivity index (χ0) is 14.1. The highest BCUT2D eigenvalue weighted by atomic mass is 19.1. The van der Waals surface area contributed by atoms with Gasteiger partial charge in [-0.1, -0.05) is 18.2 Å². The van der Waals surface area contributed by atoms with Crippen LogP contribution in [0.1, 0.15) is 15.9 Å². The number of fused-ring (bicyclic) bond motifs is 1. The molecule has 20 heavy (non-hydrogen) atoms. The van der Waals surface area contributed by atoms with Crippen LogP contribution in [0.5, 0.6) is 0 Å². The Morgan fingerprint density at radius 2 is 2.05 bits per heavy atom. The Bertz CT molecular complexity index is 762. The number of imidazole rings is 1. The second-order valence-electron chi connectivity index (χ2n) is 4.52. The second-order valence-corrected chi connectivity index (χ2v) is 4.52. The van der Waals surface area contributed by atoms with Gasteiger partial charge in [0.1, 0.15) is 5.82 Å². The molecule has 2 aromatic carbocycles. The third-order valence-electron chi connectivity index (χ3n) is 3.06. The summed E-state index contributed by atoms with van der Waals surface area (Å²) in [4.78, 5) is 19.2. The highest BCUT2D eigenvalue weighted by Gasteiger charge is 2.10. The summed E-state index contributed by atoms with van der Waals surface area (Å²) < 4.78 is 13.4. The Hall–Kier alpha value is -2.69. The number of aromatic nitrogens is 2. The Balaban J connectivity index is 1.86. The highest BCUT2D eigenvalue weighted by molar-refractivity contribution is 6.04. The maximum Gasteiger partial charge on any atom is 0.258 e. The summed E-state index contributed by atoms with van der Waals surface area (Å²) in [5, 5.41) is 2.62. The number of para-hydroxylation sites is 2. The molecule has 1 amide bonds.